The fraction of sp³-hybridized carbons (Fsp3) is 0.429. The number of nitrogens with zero attached hydrogens (tertiary/aromatic N) is 4. The maximum atomic E-state index is 12.0. The SMILES string of the molecule is Cc1cc(NC2CCC(N3C(=O)CCC3=O)CC2)nc(-c2cccc([N+](=O)[O-])c2)n1. The molecule has 0 atom stereocenters. The van der Waals surface area contributed by atoms with E-state index in [4.69, 9.17) is 0 Å². The number of benzene rings is 1. The number of carbonyl (C=O) groups is 2. The van der Waals surface area contributed by atoms with Crippen molar-refractivity contribution in [2.24, 2.45) is 0 Å². The largest absolute Gasteiger partial charge is 0.367 e. The smallest absolute Gasteiger partial charge is 0.270 e. The Labute approximate surface area is 173 Å². The van der Waals surface area contributed by atoms with Crippen molar-refractivity contribution < 1.29 is 14.5 Å². The zero-order valence-electron chi connectivity index (χ0n) is 16.7. The molecule has 9 heteroatoms. The van der Waals surface area contributed by atoms with E-state index in [1.165, 1.54) is 17.0 Å². The van der Waals surface area contributed by atoms with E-state index >= 15 is 0 Å². The molecule has 1 aliphatic carbocycles. The first kappa shape index (κ1) is 19.9. The molecule has 0 spiro atoms. The van der Waals surface area contributed by atoms with Gasteiger partial charge in [0, 0.05) is 54.4 Å². The van der Waals surface area contributed by atoms with Crippen LogP contribution in [0.4, 0.5) is 11.5 Å². The molecular weight excluding hydrogens is 386 g/mol. The van der Waals surface area contributed by atoms with Gasteiger partial charge in [0.25, 0.3) is 5.69 Å². The molecule has 0 radical (unpaired) electrons. The molecule has 1 saturated carbocycles. The van der Waals surface area contributed by atoms with Crippen molar-refractivity contribution in [3.05, 3.63) is 46.1 Å². The monoisotopic (exact) mass is 409 g/mol. The van der Waals surface area contributed by atoms with Gasteiger partial charge in [-0.25, -0.2) is 9.97 Å². The van der Waals surface area contributed by atoms with Crippen LogP contribution in [0.15, 0.2) is 30.3 Å². The lowest BCUT2D eigenvalue weighted by Gasteiger charge is -2.34. The lowest BCUT2D eigenvalue weighted by Crippen LogP contribution is -2.43. The molecule has 0 unspecified atom stereocenters. The topological polar surface area (TPSA) is 118 Å². The third-order valence-electron chi connectivity index (χ3n) is 5.67. The molecule has 9 nitrogen and oxygen atoms in total. The molecule has 1 aromatic carbocycles. The first-order valence-electron chi connectivity index (χ1n) is 10.1. The summed E-state index contributed by atoms with van der Waals surface area (Å²) in [5, 5.41) is 14.5. The molecule has 1 aliphatic heterocycles. The Balaban J connectivity index is 1.45. The number of nitro groups is 1. The minimum atomic E-state index is -0.438. The van der Waals surface area contributed by atoms with Crippen molar-refractivity contribution in [3.63, 3.8) is 0 Å². The van der Waals surface area contributed by atoms with Gasteiger partial charge >= 0.3 is 0 Å². The standard InChI is InChI=1S/C21H23N5O4/c1-13-11-18(24-21(22-13)14-3-2-4-17(12-14)26(29)30)23-15-5-7-16(8-6-15)25-19(27)9-10-20(25)28/h2-4,11-12,15-16H,5-10H2,1H3,(H,22,23,24). The van der Waals surface area contributed by atoms with Gasteiger partial charge in [0.1, 0.15) is 5.82 Å². The van der Waals surface area contributed by atoms with Crippen LogP contribution < -0.4 is 5.32 Å². The number of likely N-dealkylation sites (tertiary alicyclic amines) is 1. The van der Waals surface area contributed by atoms with Crippen LogP contribution in [0.5, 0.6) is 0 Å². The van der Waals surface area contributed by atoms with Gasteiger partial charge in [0.05, 0.1) is 4.92 Å². The molecule has 1 aromatic heterocycles. The molecule has 2 fully saturated rings. The number of hydrogen-bond donors (Lipinski definition) is 1. The zero-order valence-corrected chi connectivity index (χ0v) is 16.7. The van der Waals surface area contributed by atoms with E-state index in [9.17, 15) is 19.7 Å². The Morgan fingerprint density at radius 1 is 1.07 bits per heavy atom. The molecule has 30 heavy (non-hydrogen) atoms. The Morgan fingerprint density at radius 3 is 2.43 bits per heavy atom. The van der Waals surface area contributed by atoms with E-state index in [1.54, 1.807) is 12.1 Å². The summed E-state index contributed by atoms with van der Waals surface area (Å²) in [6, 6.07) is 8.30. The summed E-state index contributed by atoms with van der Waals surface area (Å²) in [6.07, 6.45) is 3.87. The first-order valence-corrected chi connectivity index (χ1v) is 10.1. The van der Waals surface area contributed by atoms with Gasteiger partial charge in [-0.2, -0.15) is 0 Å². The number of nitrogens with one attached hydrogen (secondary N) is 1. The third kappa shape index (κ3) is 4.14. The van der Waals surface area contributed by atoms with Crippen molar-refractivity contribution in [3.8, 4) is 11.4 Å². The number of rotatable bonds is 5. The van der Waals surface area contributed by atoms with Gasteiger partial charge in [0.2, 0.25) is 11.8 Å². The van der Waals surface area contributed by atoms with Crippen LogP contribution in [-0.2, 0) is 9.59 Å². The quantitative estimate of drug-likeness (QED) is 0.457. The summed E-state index contributed by atoms with van der Waals surface area (Å²) in [6.45, 7) is 1.86. The van der Waals surface area contributed by atoms with E-state index in [-0.39, 0.29) is 29.6 Å². The molecule has 1 saturated heterocycles. The fourth-order valence-electron chi connectivity index (χ4n) is 4.22. The molecule has 4 rings (SSSR count). The summed E-state index contributed by atoms with van der Waals surface area (Å²) >= 11 is 0. The van der Waals surface area contributed by atoms with Crippen LogP contribution in [0, 0.1) is 17.0 Å². The second kappa shape index (κ2) is 8.17. The van der Waals surface area contributed by atoms with Gasteiger partial charge in [0.15, 0.2) is 5.82 Å². The van der Waals surface area contributed by atoms with Gasteiger partial charge in [-0.05, 0) is 32.6 Å². The van der Waals surface area contributed by atoms with Crippen molar-refractivity contribution in [2.45, 2.75) is 57.5 Å². The Morgan fingerprint density at radius 2 is 1.77 bits per heavy atom. The number of aromatic nitrogens is 2. The first-order chi connectivity index (χ1) is 14.4. The molecule has 2 aromatic rings. The fourth-order valence-corrected chi connectivity index (χ4v) is 4.22. The number of hydrogen-bond acceptors (Lipinski definition) is 7. The minimum absolute atomic E-state index is 0.00175. The highest BCUT2D eigenvalue weighted by Gasteiger charge is 2.36. The summed E-state index contributed by atoms with van der Waals surface area (Å²) < 4.78 is 0. The molecule has 2 aliphatic rings. The number of imide groups is 1. The molecule has 2 amide bonds. The van der Waals surface area contributed by atoms with Crippen LogP contribution in [0.2, 0.25) is 0 Å². The molecular formula is C21H23N5O4. The molecule has 2 heterocycles. The maximum absolute atomic E-state index is 12.0. The van der Waals surface area contributed by atoms with Crippen LogP contribution in [0.1, 0.15) is 44.2 Å². The van der Waals surface area contributed by atoms with E-state index in [0.29, 0.717) is 30.0 Å². The summed E-state index contributed by atoms with van der Waals surface area (Å²) in [5.74, 6) is 0.998. The number of carbonyl (C=O) groups excluding carboxylic acids is 2. The number of anilines is 1. The van der Waals surface area contributed by atoms with Crippen molar-refractivity contribution >= 4 is 23.3 Å². The van der Waals surface area contributed by atoms with Gasteiger partial charge in [-0.1, -0.05) is 12.1 Å². The van der Waals surface area contributed by atoms with Gasteiger partial charge < -0.3 is 5.32 Å². The van der Waals surface area contributed by atoms with Crippen molar-refractivity contribution in [1.82, 2.24) is 14.9 Å². The number of aryl methyl sites for hydroxylation is 1. The number of nitro benzene ring substituents is 1. The summed E-state index contributed by atoms with van der Waals surface area (Å²) in [4.78, 5) is 45.0. The predicted molar refractivity (Wildman–Crippen MR) is 110 cm³/mol. The summed E-state index contributed by atoms with van der Waals surface area (Å²) in [5.41, 5.74) is 1.35. The second-order valence-electron chi connectivity index (χ2n) is 7.83. The van der Waals surface area contributed by atoms with Gasteiger partial charge in [-0.3, -0.25) is 24.6 Å². The van der Waals surface area contributed by atoms with E-state index in [1.807, 2.05) is 13.0 Å². The zero-order chi connectivity index (χ0) is 21.3. The highest BCUT2D eigenvalue weighted by atomic mass is 16.6. The highest BCUT2D eigenvalue weighted by molar-refractivity contribution is 6.02. The number of non-ortho nitro benzene ring substituents is 1. The second-order valence-corrected chi connectivity index (χ2v) is 7.83. The molecule has 0 bridgehead atoms. The van der Waals surface area contributed by atoms with Crippen LogP contribution in [0.25, 0.3) is 11.4 Å². The van der Waals surface area contributed by atoms with Crippen LogP contribution >= 0.6 is 0 Å². The lowest BCUT2D eigenvalue weighted by atomic mass is 9.90. The Kier molecular flexibility index (Phi) is 5.43. The average molecular weight is 409 g/mol. The maximum Gasteiger partial charge on any atom is 0.270 e. The van der Waals surface area contributed by atoms with E-state index in [2.05, 4.69) is 15.3 Å². The Bertz CT molecular complexity index is 985. The third-order valence-corrected chi connectivity index (χ3v) is 5.67. The minimum Gasteiger partial charge on any atom is -0.367 e. The van der Waals surface area contributed by atoms with Crippen molar-refractivity contribution in [1.29, 1.82) is 0 Å². The molecule has 156 valence electrons. The van der Waals surface area contributed by atoms with Crippen LogP contribution in [-0.4, -0.2) is 43.7 Å². The van der Waals surface area contributed by atoms with Crippen molar-refractivity contribution in [2.75, 3.05) is 5.32 Å². The summed E-state index contributed by atoms with van der Waals surface area (Å²) in [7, 11) is 0. The normalized spacial score (nSPS) is 21.7. The van der Waals surface area contributed by atoms with E-state index < -0.39 is 4.92 Å². The van der Waals surface area contributed by atoms with Gasteiger partial charge in [-0.15, -0.1) is 0 Å². The van der Waals surface area contributed by atoms with Crippen LogP contribution in [0.3, 0.4) is 0 Å². The number of amides is 2. The molecule has 1 N–H and O–H groups in total. The lowest BCUT2D eigenvalue weighted by molar-refractivity contribution is -0.384. The highest BCUT2D eigenvalue weighted by Crippen LogP contribution is 2.29. The Hall–Kier alpha value is -3.36. The van der Waals surface area contributed by atoms with E-state index in [0.717, 1.165) is 31.4 Å². The predicted octanol–water partition coefficient (Wildman–Crippen LogP) is 3.23. The average Bonchev–Trinajstić information content (AvgIpc) is 3.06.